The Morgan fingerprint density at radius 2 is 0.626 bits per heavy atom. The van der Waals surface area contributed by atoms with Crippen molar-refractivity contribution in [3.8, 4) is 0 Å². The molecule has 0 aliphatic carbocycles. The summed E-state index contributed by atoms with van der Waals surface area (Å²) >= 11 is 0. The Balaban J connectivity index is 4.17. The van der Waals surface area contributed by atoms with Crippen LogP contribution in [0.25, 0.3) is 0 Å². The van der Waals surface area contributed by atoms with Crippen LogP contribution in [0.15, 0.2) is 146 Å². The van der Waals surface area contributed by atoms with Crippen LogP contribution in [0.4, 0.5) is 0 Å². The number of carboxylic acids is 1. The number of nitrogens with zero attached hydrogens (tertiary/aromatic N) is 1. The Kier molecular flexibility index (Phi) is 67.3. The lowest BCUT2D eigenvalue weighted by Crippen LogP contribution is -2.40. The first-order chi connectivity index (χ1) is 44.6. The number of aliphatic carboxylic acids is 1. The van der Waals surface area contributed by atoms with Gasteiger partial charge in [-0.25, -0.2) is 4.79 Å². The molecule has 0 saturated carbocycles. The Labute approximate surface area is 560 Å². The van der Waals surface area contributed by atoms with Crippen molar-refractivity contribution in [3.63, 3.8) is 0 Å². The van der Waals surface area contributed by atoms with Gasteiger partial charge in [-0.3, -0.25) is 9.59 Å². The van der Waals surface area contributed by atoms with Crippen LogP contribution in [0.1, 0.15) is 296 Å². The van der Waals surface area contributed by atoms with E-state index >= 15 is 0 Å². The van der Waals surface area contributed by atoms with Gasteiger partial charge in [-0.15, -0.1) is 0 Å². The molecule has 0 aliphatic rings. The predicted octanol–water partition coefficient (Wildman–Crippen LogP) is 23.5. The van der Waals surface area contributed by atoms with Crippen LogP contribution >= 0.6 is 0 Å². The number of allylic oxidation sites excluding steroid dienone is 24. The molecule has 91 heavy (non-hydrogen) atoms. The number of hydrogen-bond acceptors (Lipinski definition) is 7. The number of carbonyl (C=O) groups is 3. The summed E-state index contributed by atoms with van der Waals surface area (Å²) in [6.07, 6.45) is 101. The maximum Gasteiger partial charge on any atom is 0.361 e. The van der Waals surface area contributed by atoms with E-state index in [1.54, 1.807) is 0 Å². The Morgan fingerprint density at radius 3 is 0.934 bits per heavy atom. The fraction of sp³-hybridized carbons (Fsp3) is 0.671. The van der Waals surface area contributed by atoms with Gasteiger partial charge in [-0.2, -0.15) is 0 Å². The van der Waals surface area contributed by atoms with Crippen molar-refractivity contribution in [3.05, 3.63) is 146 Å². The number of quaternary nitrogens is 1. The third-order valence-corrected chi connectivity index (χ3v) is 15.6. The fourth-order valence-corrected chi connectivity index (χ4v) is 9.96. The van der Waals surface area contributed by atoms with Crippen LogP contribution in [-0.4, -0.2) is 87.4 Å². The largest absolute Gasteiger partial charge is 0.477 e. The summed E-state index contributed by atoms with van der Waals surface area (Å²) in [4.78, 5) is 37.7. The van der Waals surface area contributed by atoms with E-state index in [1.807, 2.05) is 21.1 Å². The third-order valence-electron chi connectivity index (χ3n) is 15.6. The summed E-state index contributed by atoms with van der Waals surface area (Å²) in [6, 6.07) is 0. The minimum absolute atomic E-state index is 0.179. The minimum Gasteiger partial charge on any atom is -0.477 e. The molecule has 0 aromatic rings. The number of likely N-dealkylation sites (N-methyl/N-ethyl adjacent to an activating group) is 1. The van der Waals surface area contributed by atoms with Crippen LogP contribution in [-0.2, 0) is 33.3 Å². The van der Waals surface area contributed by atoms with Gasteiger partial charge < -0.3 is 28.5 Å². The Bertz CT molecular complexity index is 2010. The van der Waals surface area contributed by atoms with Crippen molar-refractivity contribution in [2.45, 2.75) is 309 Å². The predicted molar refractivity (Wildman–Crippen MR) is 391 cm³/mol. The first-order valence-electron chi connectivity index (χ1n) is 37.0. The van der Waals surface area contributed by atoms with Gasteiger partial charge in [-0.05, 0) is 122 Å². The van der Waals surface area contributed by atoms with Gasteiger partial charge in [0.05, 0.1) is 34.4 Å². The van der Waals surface area contributed by atoms with E-state index in [0.29, 0.717) is 23.9 Å². The van der Waals surface area contributed by atoms with Gasteiger partial charge in [0.15, 0.2) is 6.10 Å². The molecule has 0 radical (unpaired) electrons. The summed E-state index contributed by atoms with van der Waals surface area (Å²) in [6.45, 7) is 4.75. The van der Waals surface area contributed by atoms with Crippen molar-refractivity contribution in [1.29, 1.82) is 0 Å². The quantitative estimate of drug-likeness (QED) is 0.0211. The summed E-state index contributed by atoms with van der Waals surface area (Å²) in [7, 11) is 5.97. The summed E-state index contributed by atoms with van der Waals surface area (Å²) < 4.78 is 23.0. The monoisotopic (exact) mass is 1270 g/mol. The Morgan fingerprint density at radius 1 is 0.341 bits per heavy atom. The SMILES string of the molecule is CC/C=C\C/C=C\C/C=C\C/C=C\C/C=C\C/C=C\C/C=C\C/C=C\C/C=C\CCCCCCCCCC(=O)OC(COC(=O)CCCCCCCCCCCCCCCCCC/C=C\C/C=C\C/C=C\CCCCCCC)COC(OCC[N+](C)(C)C)C(=O)O. The number of ether oxygens (including phenoxy) is 4. The second kappa shape index (κ2) is 71.0. The average molecular weight is 1270 g/mol. The van der Waals surface area contributed by atoms with E-state index in [4.69, 9.17) is 18.9 Å². The number of carboxylic acid groups (broad SMARTS) is 1. The first kappa shape index (κ1) is 86.2. The molecule has 0 rings (SSSR count). The Hall–Kier alpha value is -4.83. The zero-order valence-electron chi connectivity index (χ0n) is 59.2. The molecule has 9 heteroatoms. The molecule has 0 saturated heterocycles. The second-order valence-electron chi connectivity index (χ2n) is 25.5. The maximum absolute atomic E-state index is 13.0. The van der Waals surface area contributed by atoms with Gasteiger partial charge >= 0.3 is 17.9 Å². The molecule has 0 bridgehead atoms. The van der Waals surface area contributed by atoms with E-state index in [0.717, 1.165) is 116 Å². The summed E-state index contributed by atoms with van der Waals surface area (Å²) in [5.41, 5.74) is 0. The van der Waals surface area contributed by atoms with Gasteiger partial charge in [0.25, 0.3) is 6.29 Å². The second-order valence-corrected chi connectivity index (χ2v) is 25.5. The molecule has 0 aliphatic heterocycles. The highest BCUT2D eigenvalue weighted by atomic mass is 16.7. The molecular weight excluding hydrogens is 1130 g/mol. The molecular formula is C82H138NO8+. The molecule has 1 N–H and O–H groups in total. The van der Waals surface area contributed by atoms with Crippen LogP contribution in [0.2, 0.25) is 0 Å². The molecule has 0 fully saturated rings. The van der Waals surface area contributed by atoms with E-state index < -0.39 is 24.3 Å². The third kappa shape index (κ3) is 72.5. The lowest BCUT2D eigenvalue weighted by Gasteiger charge is -2.25. The van der Waals surface area contributed by atoms with E-state index in [1.165, 1.54) is 148 Å². The average Bonchev–Trinajstić information content (AvgIpc) is 3.46. The number of rotatable bonds is 67. The molecule has 0 amide bonds. The molecule has 9 nitrogen and oxygen atoms in total. The van der Waals surface area contributed by atoms with Crippen LogP contribution in [0.3, 0.4) is 0 Å². The highest BCUT2D eigenvalue weighted by Gasteiger charge is 2.25. The molecule has 2 atom stereocenters. The zero-order chi connectivity index (χ0) is 66.1. The van der Waals surface area contributed by atoms with Crippen molar-refractivity contribution < 1.29 is 42.9 Å². The number of esters is 2. The lowest BCUT2D eigenvalue weighted by molar-refractivity contribution is -0.870. The van der Waals surface area contributed by atoms with Crippen LogP contribution in [0.5, 0.6) is 0 Å². The van der Waals surface area contributed by atoms with E-state index in [2.05, 4.69) is 160 Å². The first-order valence-corrected chi connectivity index (χ1v) is 37.0. The summed E-state index contributed by atoms with van der Waals surface area (Å²) in [5.74, 6) is -2.02. The highest BCUT2D eigenvalue weighted by Crippen LogP contribution is 2.17. The van der Waals surface area contributed by atoms with Gasteiger partial charge in [0, 0.05) is 12.8 Å². The standard InChI is InChI=1S/C82H137NO8/c1-6-8-10-12-14-16-18-20-22-24-26-28-30-32-34-36-38-39-40-41-43-45-47-49-51-53-55-57-59-61-63-65-67-69-71-73-80(85)91-78(77-90-82(81(86)87)88-75-74-83(3,4)5)76-89-79(84)72-70-68-66-64-62-60-58-56-54-52-50-48-46-44-42-37-35-33-31-29-27-25-23-21-19-17-15-13-11-9-7-2/h8,10,14,16,19-22,25-28,31-34,38-39,41,43,47,49,53,55,78,82H,6-7,9,11-13,15,17-18,23-24,29-30,35-37,40,42,44-46,48,50-52,54,56-77H2,1-5H3/p+1/b10-8-,16-14-,21-19-,22-20-,27-25-,28-26-,33-31-,34-32-,39-38-,43-41-,49-47-,55-53-. The minimum atomic E-state index is -1.52. The topological polar surface area (TPSA) is 108 Å². The van der Waals surface area contributed by atoms with Crippen molar-refractivity contribution in [2.75, 3.05) is 47.5 Å². The normalized spacial score (nSPS) is 13.5. The van der Waals surface area contributed by atoms with Gasteiger partial charge in [0.2, 0.25) is 0 Å². The van der Waals surface area contributed by atoms with Crippen molar-refractivity contribution in [2.24, 2.45) is 0 Å². The van der Waals surface area contributed by atoms with Crippen LogP contribution < -0.4 is 0 Å². The number of hydrogen-bond donors (Lipinski definition) is 1. The van der Waals surface area contributed by atoms with E-state index in [-0.39, 0.29) is 32.2 Å². The lowest BCUT2D eigenvalue weighted by atomic mass is 10.0. The molecule has 0 spiro atoms. The zero-order valence-corrected chi connectivity index (χ0v) is 59.2. The maximum atomic E-state index is 13.0. The summed E-state index contributed by atoms with van der Waals surface area (Å²) in [5, 5.41) is 9.76. The molecule has 0 aromatic carbocycles. The van der Waals surface area contributed by atoms with E-state index in [9.17, 15) is 19.5 Å². The number of unbranched alkanes of at least 4 members (excludes halogenated alkanes) is 28. The molecule has 0 heterocycles. The fourth-order valence-electron chi connectivity index (χ4n) is 9.96. The smallest absolute Gasteiger partial charge is 0.361 e. The van der Waals surface area contributed by atoms with Gasteiger partial charge in [0.1, 0.15) is 13.2 Å². The van der Waals surface area contributed by atoms with Crippen molar-refractivity contribution in [1.82, 2.24) is 0 Å². The molecule has 2 unspecified atom stereocenters. The molecule has 0 aromatic heterocycles. The van der Waals surface area contributed by atoms with Crippen molar-refractivity contribution >= 4 is 17.9 Å². The number of carbonyl (C=O) groups excluding carboxylic acids is 2. The van der Waals surface area contributed by atoms with Crippen LogP contribution in [0, 0.1) is 0 Å². The molecule has 518 valence electrons. The highest BCUT2D eigenvalue weighted by molar-refractivity contribution is 5.71. The van der Waals surface area contributed by atoms with Gasteiger partial charge in [-0.1, -0.05) is 307 Å².